The van der Waals surface area contributed by atoms with Crippen molar-refractivity contribution in [3.63, 3.8) is 0 Å². The molecule has 0 spiro atoms. The van der Waals surface area contributed by atoms with Gasteiger partial charge in [-0.05, 0) is 29.7 Å². The Kier molecular flexibility index (Phi) is 7.47. The largest absolute Gasteiger partial charge is 0.453 e. The van der Waals surface area contributed by atoms with Crippen molar-refractivity contribution in [3.8, 4) is 22.6 Å². The van der Waals surface area contributed by atoms with Gasteiger partial charge in [0.05, 0.1) is 19.8 Å². The second-order valence-corrected chi connectivity index (χ2v) is 9.53. The summed E-state index contributed by atoms with van der Waals surface area (Å²) in [6.07, 6.45) is -6.62. The molecule has 218 valence electrons. The zero-order valence-electron chi connectivity index (χ0n) is 21.1. The van der Waals surface area contributed by atoms with Gasteiger partial charge in [0.2, 0.25) is 0 Å². The van der Waals surface area contributed by atoms with Gasteiger partial charge in [0, 0.05) is 23.1 Å². The summed E-state index contributed by atoms with van der Waals surface area (Å²) in [6, 6.07) is 7.68. The molecule has 0 radical (unpaired) electrons. The number of hydrogen-bond acceptors (Lipinski definition) is 5. The molecule has 3 fully saturated rings. The van der Waals surface area contributed by atoms with Gasteiger partial charge in [-0.1, -0.05) is 31.2 Å². The summed E-state index contributed by atoms with van der Waals surface area (Å²) in [5.41, 5.74) is -1.40. The van der Waals surface area contributed by atoms with E-state index in [9.17, 15) is 35.1 Å². The third-order valence-electron chi connectivity index (χ3n) is 6.84. The predicted octanol–water partition coefficient (Wildman–Crippen LogP) is 7.74. The summed E-state index contributed by atoms with van der Waals surface area (Å²) in [6.45, 7) is 3.27. The highest BCUT2D eigenvalue weighted by atomic mass is 19.3. The van der Waals surface area contributed by atoms with Crippen molar-refractivity contribution < 1.29 is 58.8 Å². The smallest absolute Gasteiger partial charge is 0.432 e. The van der Waals surface area contributed by atoms with E-state index in [0.717, 1.165) is 6.42 Å². The third-order valence-corrected chi connectivity index (χ3v) is 6.84. The van der Waals surface area contributed by atoms with Crippen molar-refractivity contribution in [1.29, 1.82) is 0 Å². The molecule has 0 amide bonds. The average Bonchev–Trinajstić information content (AvgIpc) is 2.92. The van der Waals surface area contributed by atoms with Crippen molar-refractivity contribution in [1.82, 2.24) is 0 Å². The highest BCUT2D eigenvalue weighted by molar-refractivity contribution is 5.64. The minimum Gasteiger partial charge on any atom is -0.453 e. The SMILES string of the molecule is CCC12COC(c3ccc(-c4cc(F)c(C(F)(F)Oc5cc(F)c(OC=C(F)F)c(F)c5)c(F)c4)cc3)(OC1)OC2. The maximum atomic E-state index is 14.8. The van der Waals surface area contributed by atoms with Crippen LogP contribution in [0.25, 0.3) is 11.1 Å². The Hall–Kier alpha value is -3.68. The van der Waals surface area contributed by atoms with Gasteiger partial charge in [-0.15, -0.1) is 0 Å². The maximum Gasteiger partial charge on any atom is 0.432 e. The van der Waals surface area contributed by atoms with Crippen LogP contribution in [0.1, 0.15) is 24.5 Å². The number of fused-ring (bicyclic) bond motifs is 3. The second kappa shape index (κ2) is 10.6. The summed E-state index contributed by atoms with van der Waals surface area (Å²) in [5.74, 6) is -10.7. The van der Waals surface area contributed by atoms with Gasteiger partial charge < -0.3 is 23.7 Å². The lowest BCUT2D eigenvalue weighted by atomic mass is 9.85. The topological polar surface area (TPSA) is 46.2 Å². The highest BCUT2D eigenvalue weighted by Gasteiger charge is 2.53. The molecular weight excluding hydrogens is 568 g/mol. The maximum absolute atomic E-state index is 14.8. The van der Waals surface area contributed by atoms with Crippen LogP contribution in [-0.4, -0.2) is 19.8 Å². The van der Waals surface area contributed by atoms with Gasteiger partial charge in [-0.2, -0.15) is 17.6 Å². The van der Waals surface area contributed by atoms with Crippen molar-refractivity contribution in [2.75, 3.05) is 19.8 Å². The van der Waals surface area contributed by atoms with Crippen LogP contribution in [0.5, 0.6) is 11.5 Å². The first kappa shape index (κ1) is 28.8. The van der Waals surface area contributed by atoms with Crippen molar-refractivity contribution >= 4 is 0 Å². The Labute approximate surface area is 227 Å². The van der Waals surface area contributed by atoms with Crippen molar-refractivity contribution in [3.05, 3.63) is 95.3 Å². The van der Waals surface area contributed by atoms with E-state index in [1.165, 1.54) is 12.1 Å². The number of ether oxygens (including phenoxy) is 5. The minimum absolute atomic E-state index is 0.101. The summed E-state index contributed by atoms with van der Waals surface area (Å²) in [7, 11) is 0. The Bertz CT molecular complexity index is 1420. The molecule has 0 aliphatic carbocycles. The number of benzene rings is 3. The van der Waals surface area contributed by atoms with E-state index < -0.39 is 58.5 Å². The van der Waals surface area contributed by atoms with Crippen LogP contribution in [0, 0.1) is 28.7 Å². The van der Waals surface area contributed by atoms with E-state index in [1.807, 2.05) is 6.92 Å². The first-order valence-electron chi connectivity index (χ1n) is 12.1. The standard InChI is InChI=1S/C28H20F8O5/c1-2-26-12-38-28(39-13-26,40-14-26)17-5-3-15(4-6-17)16-7-19(29)24(20(30)8-16)27(35,36)41-18-9-21(31)25(22(32)10-18)37-11-23(33)34/h3-11H,2,12-14H2,1H3. The molecule has 2 bridgehead atoms. The molecule has 0 saturated carbocycles. The number of alkyl halides is 2. The molecule has 0 aromatic heterocycles. The van der Waals surface area contributed by atoms with E-state index in [1.54, 1.807) is 12.1 Å². The van der Waals surface area contributed by atoms with Crippen molar-refractivity contribution in [2.24, 2.45) is 5.41 Å². The van der Waals surface area contributed by atoms with Crippen LogP contribution < -0.4 is 9.47 Å². The third kappa shape index (κ3) is 5.48. The number of hydrogen-bond donors (Lipinski definition) is 0. The number of halogens is 8. The Morgan fingerprint density at radius 1 is 0.829 bits per heavy atom. The van der Waals surface area contributed by atoms with Gasteiger partial charge >= 0.3 is 18.2 Å². The fourth-order valence-corrected chi connectivity index (χ4v) is 4.45. The molecule has 3 aliphatic rings. The first-order valence-corrected chi connectivity index (χ1v) is 12.1. The molecule has 3 aliphatic heterocycles. The quantitative estimate of drug-likeness (QED) is 0.199. The molecule has 3 aromatic rings. The first-order chi connectivity index (χ1) is 19.4. The average molecular weight is 588 g/mol. The van der Waals surface area contributed by atoms with E-state index in [2.05, 4.69) is 9.47 Å². The summed E-state index contributed by atoms with van der Waals surface area (Å²) < 4.78 is 137. The van der Waals surface area contributed by atoms with Crippen LogP contribution in [-0.2, 0) is 26.3 Å². The zero-order chi connectivity index (χ0) is 29.6. The second-order valence-electron chi connectivity index (χ2n) is 9.53. The molecule has 3 heterocycles. The fraction of sp³-hybridized carbons (Fsp3) is 0.286. The normalized spacial score (nSPS) is 22.0. The Morgan fingerprint density at radius 2 is 1.37 bits per heavy atom. The molecular formula is C28H20F8O5. The van der Waals surface area contributed by atoms with Crippen LogP contribution in [0.3, 0.4) is 0 Å². The lowest BCUT2D eigenvalue weighted by molar-refractivity contribution is -0.480. The highest BCUT2D eigenvalue weighted by Crippen LogP contribution is 2.46. The van der Waals surface area contributed by atoms with Gasteiger partial charge in [-0.3, -0.25) is 0 Å². The van der Waals surface area contributed by atoms with E-state index in [-0.39, 0.29) is 34.9 Å². The monoisotopic (exact) mass is 588 g/mol. The Morgan fingerprint density at radius 3 is 1.85 bits per heavy atom. The molecule has 13 heteroatoms. The molecule has 6 rings (SSSR count). The molecule has 3 aromatic carbocycles. The summed E-state index contributed by atoms with van der Waals surface area (Å²) in [5, 5.41) is 0. The molecule has 3 saturated heterocycles. The van der Waals surface area contributed by atoms with E-state index >= 15 is 0 Å². The molecule has 0 atom stereocenters. The van der Waals surface area contributed by atoms with Gasteiger partial charge in [0.25, 0.3) is 0 Å². The van der Waals surface area contributed by atoms with Crippen LogP contribution in [0.2, 0.25) is 0 Å². The van der Waals surface area contributed by atoms with Gasteiger partial charge in [0.1, 0.15) is 22.9 Å². The Balaban J connectivity index is 1.36. The predicted molar refractivity (Wildman–Crippen MR) is 126 cm³/mol. The van der Waals surface area contributed by atoms with E-state index in [4.69, 9.17) is 14.2 Å². The fourth-order valence-electron chi connectivity index (χ4n) is 4.45. The molecule has 5 nitrogen and oxygen atoms in total. The summed E-state index contributed by atoms with van der Waals surface area (Å²) in [4.78, 5) is 0. The lowest BCUT2D eigenvalue weighted by Gasteiger charge is -2.51. The molecule has 0 N–H and O–H groups in total. The zero-order valence-corrected chi connectivity index (χ0v) is 21.1. The molecule has 0 unspecified atom stereocenters. The van der Waals surface area contributed by atoms with Crippen LogP contribution >= 0.6 is 0 Å². The van der Waals surface area contributed by atoms with Crippen molar-refractivity contribution in [2.45, 2.75) is 25.4 Å². The van der Waals surface area contributed by atoms with Gasteiger partial charge in [-0.25, -0.2) is 17.6 Å². The number of rotatable bonds is 8. The van der Waals surface area contributed by atoms with Crippen LogP contribution in [0.4, 0.5) is 35.1 Å². The van der Waals surface area contributed by atoms with Crippen LogP contribution in [0.15, 0.2) is 60.9 Å². The van der Waals surface area contributed by atoms with E-state index in [0.29, 0.717) is 37.5 Å². The minimum atomic E-state index is -4.73. The molecule has 41 heavy (non-hydrogen) atoms. The van der Waals surface area contributed by atoms with Gasteiger partial charge in [0.15, 0.2) is 23.6 Å². The summed E-state index contributed by atoms with van der Waals surface area (Å²) >= 11 is 0. The lowest BCUT2D eigenvalue weighted by Crippen LogP contribution is -2.58.